The van der Waals surface area contributed by atoms with Crippen LogP contribution < -0.4 is 14.2 Å². The van der Waals surface area contributed by atoms with Gasteiger partial charge in [-0.1, -0.05) is 6.07 Å². The molecule has 0 aliphatic carbocycles. The van der Waals surface area contributed by atoms with Crippen molar-refractivity contribution < 1.29 is 33.3 Å². The fourth-order valence-electron chi connectivity index (χ4n) is 5.10. The molecule has 2 aliphatic heterocycles. The van der Waals surface area contributed by atoms with Gasteiger partial charge in [-0.25, -0.2) is 5.01 Å². The monoisotopic (exact) mass is 509 g/mol. The first kappa shape index (κ1) is 24.9. The predicted octanol–water partition coefficient (Wildman–Crippen LogP) is 3.69. The van der Waals surface area contributed by atoms with Crippen molar-refractivity contribution in [2.24, 2.45) is 5.10 Å². The number of aromatic hydroxyl groups is 1. The van der Waals surface area contributed by atoms with Crippen LogP contribution in [0.4, 0.5) is 0 Å². The van der Waals surface area contributed by atoms with E-state index in [2.05, 4.69) is 10.0 Å². The van der Waals surface area contributed by atoms with Gasteiger partial charge in [0.2, 0.25) is 5.91 Å². The van der Waals surface area contributed by atoms with Gasteiger partial charge in [0.15, 0.2) is 11.5 Å². The van der Waals surface area contributed by atoms with Gasteiger partial charge in [-0.2, -0.15) is 5.10 Å². The van der Waals surface area contributed by atoms with Gasteiger partial charge in [0.05, 0.1) is 69.1 Å². The molecule has 2 aromatic carbocycles. The Morgan fingerprint density at radius 1 is 1.11 bits per heavy atom. The minimum atomic E-state index is -0.390. The van der Waals surface area contributed by atoms with Crippen molar-refractivity contribution in [3.8, 4) is 23.0 Å². The van der Waals surface area contributed by atoms with Gasteiger partial charge in [-0.3, -0.25) is 9.69 Å². The van der Waals surface area contributed by atoms with E-state index in [0.717, 1.165) is 24.0 Å². The molecule has 10 nitrogen and oxygen atoms in total. The summed E-state index contributed by atoms with van der Waals surface area (Å²) >= 11 is 0. The van der Waals surface area contributed by atoms with Crippen molar-refractivity contribution in [1.29, 1.82) is 0 Å². The molecular weight excluding hydrogens is 478 g/mol. The number of amides is 1. The van der Waals surface area contributed by atoms with Gasteiger partial charge in [0, 0.05) is 33.0 Å². The fraction of sp³-hybridized carbons (Fsp3) is 0.407. The fourth-order valence-corrected chi connectivity index (χ4v) is 5.10. The highest BCUT2D eigenvalue weighted by atomic mass is 16.5. The van der Waals surface area contributed by atoms with E-state index in [-0.39, 0.29) is 17.7 Å². The maximum absolute atomic E-state index is 12.7. The Morgan fingerprint density at radius 3 is 2.54 bits per heavy atom. The molecule has 1 aromatic heterocycles. The smallest absolute Gasteiger partial charge is 0.240 e. The zero-order chi connectivity index (χ0) is 26.1. The average Bonchev–Trinajstić information content (AvgIpc) is 3.58. The first-order valence-corrected chi connectivity index (χ1v) is 12.2. The number of nitrogens with zero attached hydrogens (tertiary/aromatic N) is 3. The molecule has 1 fully saturated rings. The minimum absolute atomic E-state index is 0.0426. The van der Waals surface area contributed by atoms with Gasteiger partial charge in [-0.15, -0.1) is 0 Å². The quantitative estimate of drug-likeness (QED) is 0.514. The van der Waals surface area contributed by atoms with Gasteiger partial charge < -0.3 is 28.5 Å². The average molecular weight is 510 g/mol. The first-order valence-electron chi connectivity index (χ1n) is 12.2. The van der Waals surface area contributed by atoms with Crippen molar-refractivity contribution in [1.82, 2.24) is 9.91 Å². The molecule has 2 aliphatic rings. The van der Waals surface area contributed by atoms with Crippen LogP contribution in [0.2, 0.25) is 0 Å². The highest BCUT2D eigenvalue weighted by Gasteiger charge is 2.36. The number of hydrazone groups is 1. The Labute approximate surface area is 214 Å². The number of fused-ring (bicyclic) bond motifs is 1. The molecule has 10 heteroatoms. The summed E-state index contributed by atoms with van der Waals surface area (Å²) in [5.74, 6) is 1.44. The molecule has 1 N–H and O–H groups in total. The zero-order valence-electron chi connectivity index (χ0n) is 21.4. The van der Waals surface area contributed by atoms with Crippen LogP contribution in [0.15, 0.2) is 40.0 Å². The number of ether oxygens (including phenoxy) is 4. The van der Waals surface area contributed by atoms with Crippen LogP contribution >= 0.6 is 0 Å². The SMILES string of the molecule is COc1ccc(C2CC(c3c(O)c(CN4CCOCC4)c4occc4c3OC)=NN2C(C)=O)cc1OC. The number of methoxy groups -OCH3 is 3. The summed E-state index contributed by atoms with van der Waals surface area (Å²) in [7, 11) is 4.70. The molecular formula is C27H31N3O7. The van der Waals surface area contributed by atoms with Crippen LogP contribution in [-0.4, -0.2) is 74.3 Å². The van der Waals surface area contributed by atoms with E-state index >= 15 is 0 Å². The Balaban J connectivity index is 1.59. The molecule has 3 heterocycles. The zero-order valence-corrected chi connectivity index (χ0v) is 21.4. The van der Waals surface area contributed by atoms with Crippen LogP contribution in [0.3, 0.4) is 0 Å². The van der Waals surface area contributed by atoms with Crippen LogP contribution in [0.1, 0.15) is 36.1 Å². The Bertz CT molecular complexity index is 1340. The molecule has 1 atom stereocenters. The highest BCUT2D eigenvalue weighted by molar-refractivity contribution is 6.12. The minimum Gasteiger partial charge on any atom is -0.507 e. The van der Waals surface area contributed by atoms with Gasteiger partial charge in [0.1, 0.15) is 17.1 Å². The number of phenolic OH excluding ortho intramolecular Hbond substituents is 1. The number of carbonyl (C=O) groups is 1. The lowest BCUT2D eigenvalue weighted by Crippen LogP contribution is -2.35. The lowest BCUT2D eigenvalue weighted by Gasteiger charge is -2.27. The molecule has 0 saturated carbocycles. The number of carbonyl (C=O) groups excluding carboxylic acids is 1. The van der Waals surface area contributed by atoms with E-state index in [9.17, 15) is 9.90 Å². The van der Waals surface area contributed by atoms with Gasteiger partial charge in [0.25, 0.3) is 0 Å². The van der Waals surface area contributed by atoms with Crippen molar-refractivity contribution in [2.75, 3.05) is 47.6 Å². The topological polar surface area (TPSA) is 106 Å². The highest BCUT2D eigenvalue weighted by Crippen LogP contribution is 2.45. The lowest BCUT2D eigenvalue weighted by atomic mass is 9.94. The number of hydrogen-bond donors (Lipinski definition) is 1. The van der Waals surface area contributed by atoms with Crippen molar-refractivity contribution in [3.05, 3.63) is 47.2 Å². The lowest BCUT2D eigenvalue weighted by molar-refractivity contribution is -0.130. The maximum atomic E-state index is 12.7. The van der Waals surface area contributed by atoms with Crippen molar-refractivity contribution >= 4 is 22.6 Å². The molecule has 1 saturated heterocycles. The summed E-state index contributed by atoms with van der Waals surface area (Å²) in [6, 6.07) is 6.97. The van der Waals surface area contributed by atoms with Crippen molar-refractivity contribution in [3.63, 3.8) is 0 Å². The summed E-state index contributed by atoms with van der Waals surface area (Å²) < 4.78 is 27.9. The summed E-state index contributed by atoms with van der Waals surface area (Å²) in [4.78, 5) is 14.9. The number of furan rings is 1. The molecule has 0 radical (unpaired) electrons. The number of phenols is 1. The summed E-state index contributed by atoms with van der Waals surface area (Å²) in [5, 5.41) is 18.5. The first-order chi connectivity index (χ1) is 18.0. The molecule has 3 aromatic rings. The summed E-state index contributed by atoms with van der Waals surface area (Å²) in [6.45, 7) is 4.74. The Hall–Kier alpha value is -3.76. The maximum Gasteiger partial charge on any atom is 0.240 e. The molecule has 0 spiro atoms. The third kappa shape index (κ3) is 4.47. The standard InChI is InChI=1S/C27H31N3O7/c1-16(31)30-21(17-5-6-22(33-2)23(13-17)34-3)14-20(28-30)24-25(32)19(15-29-8-11-36-12-9-29)26-18(7-10-37-26)27(24)35-4/h5-7,10,13,21,32H,8-9,11-12,14-15H2,1-4H3. The van der Waals surface area contributed by atoms with E-state index < -0.39 is 0 Å². The van der Waals surface area contributed by atoms with E-state index in [0.29, 0.717) is 65.8 Å². The van der Waals surface area contributed by atoms with E-state index in [4.69, 9.17) is 23.4 Å². The second kappa shape index (κ2) is 10.3. The molecule has 0 bridgehead atoms. The molecule has 1 unspecified atom stereocenters. The normalized spacial score (nSPS) is 18.2. The van der Waals surface area contributed by atoms with Crippen LogP contribution in [0.25, 0.3) is 11.0 Å². The van der Waals surface area contributed by atoms with Crippen LogP contribution in [0, 0.1) is 0 Å². The molecule has 196 valence electrons. The van der Waals surface area contributed by atoms with E-state index in [1.54, 1.807) is 33.7 Å². The Morgan fingerprint density at radius 2 is 1.86 bits per heavy atom. The molecule has 5 rings (SSSR count). The van der Waals surface area contributed by atoms with Crippen molar-refractivity contribution in [2.45, 2.75) is 25.9 Å². The largest absolute Gasteiger partial charge is 0.507 e. The van der Waals surface area contributed by atoms with Gasteiger partial charge in [-0.05, 0) is 23.8 Å². The molecule has 1 amide bonds. The Kier molecular flexibility index (Phi) is 6.94. The number of rotatable bonds is 7. The van der Waals surface area contributed by atoms with Gasteiger partial charge >= 0.3 is 0 Å². The third-order valence-electron chi connectivity index (χ3n) is 6.94. The van der Waals surface area contributed by atoms with Crippen LogP contribution in [0.5, 0.6) is 23.0 Å². The third-order valence-corrected chi connectivity index (χ3v) is 6.94. The second-order valence-electron chi connectivity index (χ2n) is 9.03. The van der Waals surface area contributed by atoms with Crippen LogP contribution in [-0.2, 0) is 16.1 Å². The summed E-state index contributed by atoms with van der Waals surface area (Å²) in [5.41, 5.74) is 3.08. The molecule has 37 heavy (non-hydrogen) atoms. The van der Waals surface area contributed by atoms with E-state index in [1.165, 1.54) is 11.9 Å². The summed E-state index contributed by atoms with van der Waals surface area (Å²) in [6.07, 6.45) is 1.96. The van der Waals surface area contributed by atoms with E-state index in [1.807, 2.05) is 18.2 Å². The number of morpholine rings is 1. The number of benzene rings is 2. The predicted molar refractivity (Wildman–Crippen MR) is 136 cm³/mol. The number of hydrogen-bond acceptors (Lipinski definition) is 9. The second-order valence-corrected chi connectivity index (χ2v) is 9.03.